The smallest absolute Gasteiger partial charge is 0.135 e. The Labute approximate surface area is 51.6 Å². The minimum Gasteiger partial charge on any atom is -0.386 e. The van der Waals surface area contributed by atoms with Gasteiger partial charge in [-0.3, -0.25) is 5.32 Å². The molecular formula is C4H9NO4. The molecule has 5 N–H and O–H groups in total. The zero-order chi connectivity index (χ0) is 7.02. The Balaban J connectivity index is 2.54. The van der Waals surface area contributed by atoms with Crippen LogP contribution in [0.1, 0.15) is 0 Å². The molecule has 0 spiro atoms. The van der Waals surface area contributed by atoms with Gasteiger partial charge in [-0.15, -0.1) is 0 Å². The van der Waals surface area contributed by atoms with Crippen LogP contribution in [0, 0.1) is 0 Å². The summed E-state index contributed by atoms with van der Waals surface area (Å²) >= 11 is 0. The van der Waals surface area contributed by atoms with Gasteiger partial charge in [0.2, 0.25) is 0 Å². The highest BCUT2D eigenvalue weighted by atomic mass is 16.4. The van der Waals surface area contributed by atoms with Crippen molar-refractivity contribution in [2.45, 2.75) is 24.7 Å². The second-order valence-electron chi connectivity index (χ2n) is 2.04. The minimum atomic E-state index is -1.29. The SMILES string of the molecule is O[C@H]1[C@H](O)[C@@H](O)N[C@@H]1O. The third-order valence-corrected chi connectivity index (χ3v) is 1.34. The first-order valence-electron chi connectivity index (χ1n) is 2.61. The van der Waals surface area contributed by atoms with Crippen LogP contribution in [0.15, 0.2) is 0 Å². The molecule has 0 aromatic carbocycles. The van der Waals surface area contributed by atoms with E-state index in [2.05, 4.69) is 5.32 Å². The van der Waals surface area contributed by atoms with Crippen molar-refractivity contribution in [1.29, 1.82) is 0 Å². The van der Waals surface area contributed by atoms with Crippen molar-refractivity contribution < 1.29 is 20.4 Å². The summed E-state index contributed by atoms with van der Waals surface area (Å²) in [5.41, 5.74) is 0. The maximum absolute atomic E-state index is 8.71. The normalized spacial score (nSPS) is 52.0. The topological polar surface area (TPSA) is 93.0 Å². The van der Waals surface area contributed by atoms with Crippen LogP contribution in [0.5, 0.6) is 0 Å². The first-order chi connectivity index (χ1) is 4.13. The molecule has 0 unspecified atom stereocenters. The zero-order valence-corrected chi connectivity index (χ0v) is 4.60. The van der Waals surface area contributed by atoms with Crippen LogP contribution >= 0.6 is 0 Å². The molecule has 4 atom stereocenters. The van der Waals surface area contributed by atoms with E-state index < -0.39 is 24.7 Å². The highest BCUT2D eigenvalue weighted by Crippen LogP contribution is 2.09. The summed E-state index contributed by atoms with van der Waals surface area (Å²) in [4.78, 5) is 0. The van der Waals surface area contributed by atoms with Crippen molar-refractivity contribution in [2.24, 2.45) is 0 Å². The van der Waals surface area contributed by atoms with E-state index >= 15 is 0 Å². The van der Waals surface area contributed by atoms with Crippen LogP contribution < -0.4 is 5.32 Å². The van der Waals surface area contributed by atoms with Crippen molar-refractivity contribution in [1.82, 2.24) is 5.32 Å². The van der Waals surface area contributed by atoms with Gasteiger partial charge in [-0.1, -0.05) is 0 Å². The molecule has 0 aromatic rings. The first-order valence-corrected chi connectivity index (χ1v) is 2.61. The molecule has 1 fully saturated rings. The van der Waals surface area contributed by atoms with Gasteiger partial charge in [0.05, 0.1) is 0 Å². The molecule has 54 valence electrons. The highest BCUT2D eigenvalue weighted by molar-refractivity contribution is 4.86. The monoisotopic (exact) mass is 135 g/mol. The summed E-state index contributed by atoms with van der Waals surface area (Å²) in [6, 6.07) is 0. The number of hydrogen-bond donors (Lipinski definition) is 5. The van der Waals surface area contributed by atoms with E-state index in [9.17, 15) is 0 Å². The van der Waals surface area contributed by atoms with E-state index in [1.54, 1.807) is 0 Å². The molecule has 1 heterocycles. The molecule has 0 amide bonds. The van der Waals surface area contributed by atoms with Gasteiger partial charge >= 0.3 is 0 Å². The van der Waals surface area contributed by atoms with Gasteiger partial charge in [0.25, 0.3) is 0 Å². The van der Waals surface area contributed by atoms with Crippen LogP contribution in [0.4, 0.5) is 0 Å². The molecule has 5 nitrogen and oxygen atoms in total. The summed E-state index contributed by atoms with van der Waals surface area (Å²) in [5.74, 6) is 0. The van der Waals surface area contributed by atoms with Crippen molar-refractivity contribution in [3.63, 3.8) is 0 Å². The fourth-order valence-electron chi connectivity index (χ4n) is 0.746. The van der Waals surface area contributed by atoms with Crippen molar-refractivity contribution in [3.05, 3.63) is 0 Å². The second kappa shape index (κ2) is 2.20. The van der Waals surface area contributed by atoms with Gasteiger partial charge in [0.15, 0.2) is 0 Å². The molecule has 0 saturated carbocycles. The van der Waals surface area contributed by atoms with Crippen molar-refractivity contribution in [2.75, 3.05) is 0 Å². The fraction of sp³-hybridized carbons (Fsp3) is 1.00. The Morgan fingerprint density at radius 2 is 1.11 bits per heavy atom. The van der Waals surface area contributed by atoms with Gasteiger partial charge in [-0.2, -0.15) is 0 Å². The molecule has 0 bridgehead atoms. The lowest BCUT2D eigenvalue weighted by atomic mass is 10.2. The average Bonchev–Trinajstić information content (AvgIpc) is 1.98. The van der Waals surface area contributed by atoms with Gasteiger partial charge in [0, 0.05) is 0 Å². The number of aliphatic hydroxyl groups is 4. The predicted octanol–water partition coefficient (Wildman–Crippen LogP) is -3.05. The lowest BCUT2D eigenvalue weighted by molar-refractivity contribution is -0.0413. The van der Waals surface area contributed by atoms with Gasteiger partial charge in [0.1, 0.15) is 24.7 Å². The molecule has 5 heteroatoms. The first kappa shape index (κ1) is 6.91. The zero-order valence-electron chi connectivity index (χ0n) is 4.60. The standard InChI is InChI=1S/C4H9NO4/c6-1-2(7)4(9)5-3(1)8/h1-9H/t1-,2-,3+,4+/m0/s1. The Kier molecular flexibility index (Phi) is 1.69. The maximum Gasteiger partial charge on any atom is 0.135 e. The van der Waals surface area contributed by atoms with Gasteiger partial charge in [-0.05, 0) is 0 Å². The summed E-state index contributed by atoms with van der Waals surface area (Å²) in [5, 5.41) is 36.9. The predicted molar refractivity (Wildman–Crippen MR) is 27.2 cm³/mol. The third kappa shape index (κ3) is 1.05. The van der Waals surface area contributed by atoms with Crippen molar-refractivity contribution in [3.8, 4) is 0 Å². The maximum atomic E-state index is 8.71. The van der Waals surface area contributed by atoms with Crippen LogP contribution in [0.2, 0.25) is 0 Å². The second-order valence-corrected chi connectivity index (χ2v) is 2.04. The molecule has 9 heavy (non-hydrogen) atoms. The minimum absolute atomic E-state index is 1.23. The third-order valence-electron chi connectivity index (χ3n) is 1.34. The number of rotatable bonds is 0. The molecule has 0 aliphatic carbocycles. The van der Waals surface area contributed by atoms with E-state index in [1.165, 1.54) is 0 Å². The van der Waals surface area contributed by atoms with Gasteiger partial charge < -0.3 is 20.4 Å². The van der Waals surface area contributed by atoms with Crippen LogP contribution in [-0.4, -0.2) is 45.1 Å². The molecule has 0 radical (unpaired) electrons. The highest BCUT2D eigenvalue weighted by Gasteiger charge is 2.38. The summed E-state index contributed by atoms with van der Waals surface area (Å²) in [6.45, 7) is 0. The molecular weight excluding hydrogens is 126 g/mol. The molecule has 1 rings (SSSR count). The van der Waals surface area contributed by atoms with Crippen LogP contribution in [0.3, 0.4) is 0 Å². The number of aliphatic hydroxyl groups excluding tert-OH is 4. The van der Waals surface area contributed by atoms with Gasteiger partial charge in [-0.25, -0.2) is 0 Å². The fourth-order valence-corrected chi connectivity index (χ4v) is 0.746. The quantitative estimate of drug-likeness (QED) is 0.243. The summed E-state index contributed by atoms with van der Waals surface area (Å²) in [6.07, 6.45) is -5.04. The van der Waals surface area contributed by atoms with E-state index in [-0.39, 0.29) is 0 Å². The van der Waals surface area contributed by atoms with Crippen molar-refractivity contribution >= 4 is 0 Å². The number of nitrogens with one attached hydrogen (secondary N) is 1. The van der Waals surface area contributed by atoms with Crippen LogP contribution in [-0.2, 0) is 0 Å². The summed E-state index contributed by atoms with van der Waals surface area (Å²) in [7, 11) is 0. The molecule has 0 aromatic heterocycles. The van der Waals surface area contributed by atoms with E-state index in [0.717, 1.165) is 0 Å². The molecule has 1 saturated heterocycles. The van der Waals surface area contributed by atoms with E-state index in [0.29, 0.717) is 0 Å². The van der Waals surface area contributed by atoms with E-state index in [1.807, 2.05) is 0 Å². The molecule has 1 aliphatic heterocycles. The Morgan fingerprint density at radius 1 is 0.778 bits per heavy atom. The Hall–Kier alpha value is -0.200. The number of hydrogen-bond acceptors (Lipinski definition) is 5. The van der Waals surface area contributed by atoms with Crippen LogP contribution in [0.25, 0.3) is 0 Å². The average molecular weight is 135 g/mol. The lowest BCUT2D eigenvalue weighted by Gasteiger charge is -2.08. The Bertz CT molecular complexity index is 96.7. The molecule has 1 aliphatic rings. The lowest BCUT2D eigenvalue weighted by Crippen LogP contribution is -2.32. The summed E-state index contributed by atoms with van der Waals surface area (Å²) < 4.78 is 0. The largest absolute Gasteiger partial charge is 0.386 e. The Morgan fingerprint density at radius 3 is 1.22 bits per heavy atom. The van der Waals surface area contributed by atoms with E-state index in [4.69, 9.17) is 20.4 Å².